The first-order valence-electron chi connectivity index (χ1n) is 5.95. The number of nitrogens with zero attached hydrogens (tertiary/aromatic N) is 1. The number of ether oxygens (including phenoxy) is 2. The highest BCUT2D eigenvalue weighted by atomic mass is 32.1. The number of aromatic nitrogens is 1. The van der Waals surface area contributed by atoms with Gasteiger partial charge in [-0.3, -0.25) is 0 Å². The maximum Gasteiger partial charge on any atom is 0.124 e. The molecule has 0 saturated heterocycles. The normalized spacial score (nSPS) is 12.2. The first-order valence-corrected chi connectivity index (χ1v) is 6.83. The topological polar surface area (TPSA) is 51.6 Å². The van der Waals surface area contributed by atoms with Crippen molar-refractivity contribution in [3.63, 3.8) is 0 Å². The smallest absolute Gasteiger partial charge is 0.124 e. The molecule has 0 saturated carbocycles. The lowest BCUT2D eigenvalue weighted by molar-refractivity contribution is 0.172. The minimum Gasteiger partial charge on any atom is -0.497 e. The molecule has 1 atom stereocenters. The fraction of sp³-hybridized carbons (Fsp3) is 0.357. The quantitative estimate of drug-likeness (QED) is 0.914. The van der Waals surface area contributed by atoms with E-state index in [1.165, 1.54) is 0 Å². The molecule has 0 amide bonds. The zero-order valence-electron chi connectivity index (χ0n) is 11.2. The summed E-state index contributed by atoms with van der Waals surface area (Å²) in [4.78, 5) is 4.36. The van der Waals surface area contributed by atoms with Crippen molar-refractivity contribution in [1.29, 1.82) is 0 Å². The van der Waals surface area contributed by atoms with Crippen LogP contribution in [-0.4, -0.2) is 24.3 Å². The van der Waals surface area contributed by atoms with Crippen molar-refractivity contribution in [1.82, 2.24) is 4.98 Å². The lowest BCUT2D eigenvalue weighted by atomic mass is 10.0. The van der Waals surface area contributed by atoms with Gasteiger partial charge in [-0.2, -0.15) is 0 Å². The third kappa shape index (κ3) is 3.24. The van der Waals surface area contributed by atoms with Gasteiger partial charge in [0, 0.05) is 17.4 Å². The van der Waals surface area contributed by atoms with Gasteiger partial charge in [-0.15, -0.1) is 11.3 Å². The van der Waals surface area contributed by atoms with Gasteiger partial charge in [-0.05, 0) is 25.1 Å². The van der Waals surface area contributed by atoms with E-state index in [0.717, 1.165) is 10.7 Å². The van der Waals surface area contributed by atoms with Gasteiger partial charge in [0.2, 0.25) is 0 Å². The molecule has 1 unspecified atom stereocenters. The number of hydrogen-bond donors (Lipinski definition) is 1. The molecule has 19 heavy (non-hydrogen) atoms. The monoisotopic (exact) mass is 279 g/mol. The number of rotatable bonds is 5. The standard InChI is InChI=1S/C14H17NO3S/c1-9-15-10(8-19-9)6-13(16)12-7-11(17-2)4-5-14(12)18-3/h4-5,7-8,13,16H,6H2,1-3H3. The Balaban J connectivity index is 2.23. The summed E-state index contributed by atoms with van der Waals surface area (Å²) in [5.41, 5.74) is 1.60. The van der Waals surface area contributed by atoms with Gasteiger partial charge in [-0.1, -0.05) is 0 Å². The molecule has 0 bridgehead atoms. The largest absolute Gasteiger partial charge is 0.497 e. The predicted molar refractivity (Wildman–Crippen MR) is 75.1 cm³/mol. The summed E-state index contributed by atoms with van der Waals surface area (Å²) in [6.45, 7) is 1.95. The number of benzene rings is 1. The van der Waals surface area contributed by atoms with Crippen LogP contribution in [0.1, 0.15) is 22.4 Å². The number of thiazole rings is 1. The molecule has 0 aliphatic heterocycles. The van der Waals surface area contributed by atoms with Crippen LogP contribution < -0.4 is 9.47 Å². The van der Waals surface area contributed by atoms with Crippen LogP contribution in [0.15, 0.2) is 23.6 Å². The third-order valence-electron chi connectivity index (χ3n) is 2.86. The van der Waals surface area contributed by atoms with Crippen LogP contribution in [0.2, 0.25) is 0 Å². The fourth-order valence-corrected chi connectivity index (χ4v) is 2.54. The molecule has 0 aliphatic rings. The predicted octanol–water partition coefficient (Wildman–Crippen LogP) is 2.74. The van der Waals surface area contributed by atoms with Crippen molar-refractivity contribution in [2.75, 3.05) is 14.2 Å². The summed E-state index contributed by atoms with van der Waals surface area (Å²) in [6, 6.07) is 5.40. The second kappa shape index (κ2) is 6.04. The van der Waals surface area contributed by atoms with Crippen LogP contribution in [0, 0.1) is 6.92 Å². The molecule has 5 heteroatoms. The van der Waals surface area contributed by atoms with Crippen LogP contribution in [-0.2, 0) is 6.42 Å². The van der Waals surface area contributed by atoms with Crippen molar-refractivity contribution in [3.8, 4) is 11.5 Å². The lowest BCUT2D eigenvalue weighted by Crippen LogP contribution is -2.05. The first-order chi connectivity index (χ1) is 9.13. The lowest BCUT2D eigenvalue weighted by Gasteiger charge is -2.15. The van der Waals surface area contributed by atoms with E-state index in [2.05, 4.69) is 4.98 Å². The summed E-state index contributed by atoms with van der Waals surface area (Å²) < 4.78 is 10.5. The van der Waals surface area contributed by atoms with E-state index < -0.39 is 6.10 Å². The van der Waals surface area contributed by atoms with E-state index in [1.54, 1.807) is 37.7 Å². The second-order valence-electron chi connectivity index (χ2n) is 4.19. The second-order valence-corrected chi connectivity index (χ2v) is 5.25. The fourth-order valence-electron chi connectivity index (χ4n) is 1.91. The molecule has 1 N–H and O–H groups in total. The van der Waals surface area contributed by atoms with Crippen molar-refractivity contribution < 1.29 is 14.6 Å². The van der Waals surface area contributed by atoms with Crippen LogP contribution in [0.25, 0.3) is 0 Å². The number of aliphatic hydroxyl groups is 1. The van der Waals surface area contributed by atoms with Crippen LogP contribution in [0.5, 0.6) is 11.5 Å². The minimum atomic E-state index is -0.661. The molecule has 2 rings (SSSR count). The molecule has 0 aliphatic carbocycles. The summed E-state index contributed by atoms with van der Waals surface area (Å²) in [6.07, 6.45) is -0.194. The summed E-state index contributed by atoms with van der Waals surface area (Å²) in [7, 11) is 3.19. The SMILES string of the molecule is COc1ccc(OC)c(C(O)Cc2csc(C)n2)c1. The summed E-state index contributed by atoms with van der Waals surface area (Å²) in [5, 5.41) is 13.3. The Morgan fingerprint density at radius 3 is 2.68 bits per heavy atom. The molecular weight excluding hydrogens is 262 g/mol. The van der Waals surface area contributed by atoms with Crippen molar-refractivity contribution >= 4 is 11.3 Å². The average Bonchev–Trinajstić information content (AvgIpc) is 2.83. The zero-order chi connectivity index (χ0) is 13.8. The molecule has 102 valence electrons. The van der Waals surface area contributed by atoms with E-state index in [9.17, 15) is 5.11 Å². The van der Waals surface area contributed by atoms with Crippen LogP contribution in [0.4, 0.5) is 0 Å². The Kier molecular flexibility index (Phi) is 4.39. The van der Waals surface area contributed by atoms with Crippen molar-refractivity contribution in [2.45, 2.75) is 19.4 Å². The summed E-state index contributed by atoms with van der Waals surface area (Å²) in [5.74, 6) is 1.35. The van der Waals surface area contributed by atoms with Gasteiger partial charge in [-0.25, -0.2) is 4.98 Å². The zero-order valence-corrected chi connectivity index (χ0v) is 12.0. The number of aryl methyl sites for hydroxylation is 1. The van der Waals surface area contributed by atoms with E-state index >= 15 is 0 Å². The number of hydrogen-bond acceptors (Lipinski definition) is 5. The highest BCUT2D eigenvalue weighted by molar-refractivity contribution is 7.09. The number of methoxy groups -OCH3 is 2. The Morgan fingerprint density at radius 1 is 1.32 bits per heavy atom. The average molecular weight is 279 g/mol. The van der Waals surface area contributed by atoms with Gasteiger partial charge in [0.05, 0.1) is 31.0 Å². The Labute approximate surface area is 116 Å². The molecule has 0 radical (unpaired) electrons. The van der Waals surface area contributed by atoms with E-state index in [-0.39, 0.29) is 0 Å². The molecule has 1 aromatic heterocycles. The highest BCUT2D eigenvalue weighted by Crippen LogP contribution is 2.31. The minimum absolute atomic E-state index is 0.466. The Bertz CT molecular complexity index is 553. The summed E-state index contributed by atoms with van der Waals surface area (Å²) >= 11 is 1.58. The highest BCUT2D eigenvalue weighted by Gasteiger charge is 2.16. The maximum absolute atomic E-state index is 10.3. The first kappa shape index (κ1) is 13.8. The van der Waals surface area contributed by atoms with Crippen molar-refractivity contribution in [2.24, 2.45) is 0 Å². The molecule has 4 nitrogen and oxygen atoms in total. The van der Waals surface area contributed by atoms with Crippen molar-refractivity contribution in [3.05, 3.63) is 39.8 Å². The van der Waals surface area contributed by atoms with E-state index in [4.69, 9.17) is 9.47 Å². The Hall–Kier alpha value is -1.59. The van der Waals surface area contributed by atoms with E-state index in [1.807, 2.05) is 18.4 Å². The molecule has 0 fully saturated rings. The van der Waals surface area contributed by atoms with Gasteiger partial charge in [0.25, 0.3) is 0 Å². The molecule has 1 heterocycles. The van der Waals surface area contributed by atoms with Crippen LogP contribution >= 0.6 is 11.3 Å². The molecular formula is C14H17NO3S. The van der Waals surface area contributed by atoms with Gasteiger partial charge >= 0.3 is 0 Å². The Morgan fingerprint density at radius 2 is 2.11 bits per heavy atom. The van der Waals surface area contributed by atoms with Gasteiger partial charge in [0.1, 0.15) is 11.5 Å². The number of aliphatic hydroxyl groups excluding tert-OH is 1. The maximum atomic E-state index is 10.3. The van der Waals surface area contributed by atoms with E-state index in [0.29, 0.717) is 23.5 Å². The molecule has 1 aromatic carbocycles. The van der Waals surface area contributed by atoms with Gasteiger partial charge < -0.3 is 14.6 Å². The van der Waals surface area contributed by atoms with Gasteiger partial charge in [0.15, 0.2) is 0 Å². The molecule has 0 spiro atoms. The molecule has 2 aromatic rings. The van der Waals surface area contributed by atoms with Crippen LogP contribution in [0.3, 0.4) is 0 Å². The third-order valence-corrected chi connectivity index (χ3v) is 3.69.